The molecule has 3 aliphatic carbocycles. The van der Waals surface area contributed by atoms with Gasteiger partial charge in [-0.05, 0) is 60.6 Å². The van der Waals surface area contributed by atoms with Gasteiger partial charge < -0.3 is 10.1 Å². The Morgan fingerprint density at radius 3 is 2.92 bits per heavy atom. The summed E-state index contributed by atoms with van der Waals surface area (Å²) in [6, 6.07) is 9.75. The second-order valence-electron chi connectivity index (χ2n) is 8.58. The zero-order valence-corrected chi connectivity index (χ0v) is 15.5. The number of nitriles is 1. The van der Waals surface area contributed by atoms with Crippen LogP contribution in [0.1, 0.15) is 58.0 Å². The van der Waals surface area contributed by atoms with Crippen LogP contribution in [0, 0.1) is 35.0 Å². The summed E-state index contributed by atoms with van der Waals surface area (Å²) in [6.45, 7) is 3.56. The number of ether oxygens (including phenoxy) is 1. The molecule has 4 fully saturated rings. The van der Waals surface area contributed by atoms with Gasteiger partial charge in [0.1, 0.15) is 5.60 Å². The molecule has 26 heavy (non-hydrogen) atoms. The Morgan fingerprint density at radius 2 is 2.27 bits per heavy atom. The zero-order valence-electron chi connectivity index (χ0n) is 15.5. The molecule has 0 radical (unpaired) electrons. The predicted octanol–water partition coefficient (Wildman–Crippen LogP) is 4.00. The van der Waals surface area contributed by atoms with E-state index >= 15 is 0 Å². The third-order valence-electron chi connectivity index (χ3n) is 7.01. The molecule has 1 aromatic carbocycles. The van der Waals surface area contributed by atoms with Gasteiger partial charge in [-0.1, -0.05) is 25.5 Å². The van der Waals surface area contributed by atoms with Crippen LogP contribution in [0.2, 0.25) is 0 Å². The predicted molar refractivity (Wildman–Crippen MR) is 101 cm³/mol. The third kappa shape index (κ3) is 3.25. The van der Waals surface area contributed by atoms with Crippen LogP contribution in [-0.2, 0) is 15.1 Å². The highest BCUT2D eigenvalue weighted by molar-refractivity contribution is 5.76. The molecule has 140 valence electrons. The molecule has 1 aromatic rings. The van der Waals surface area contributed by atoms with Gasteiger partial charge in [-0.3, -0.25) is 4.79 Å². The summed E-state index contributed by atoms with van der Waals surface area (Å²) in [5, 5.41) is 12.3. The first-order valence-electron chi connectivity index (χ1n) is 10.0. The third-order valence-corrected chi connectivity index (χ3v) is 7.01. The van der Waals surface area contributed by atoms with E-state index in [1.165, 1.54) is 25.7 Å². The van der Waals surface area contributed by atoms with Crippen molar-refractivity contribution in [2.75, 3.05) is 13.2 Å². The quantitative estimate of drug-likeness (QED) is 0.869. The molecule has 5 rings (SSSR count). The van der Waals surface area contributed by atoms with Crippen molar-refractivity contribution in [1.82, 2.24) is 5.32 Å². The zero-order chi connectivity index (χ0) is 18.1. The molecule has 0 aromatic heterocycles. The number of carbonyl (C=O) groups is 1. The van der Waals surface area contributed by atoms with Crippen LogP contribution in [0.4, 0.5) is 0 Å². The highest BCUT2D eigenvalue weighted by atomic mass is 16.5. The molecule has 1 aliphatic heterocycles. The second kappa shape index (κ2) is 7.04. The molecule has 4 nitrogen and oxygen atoms in total. The maximum atomic E-state index is 12.6. The Bertz CT molecular complexity index is 725. The van der Waals surface area contributed by atoms with E-state index in [2.05, 4.69) is 18.3 Å². The minimum Gasteiger partial charge on any atom is -0.368 e. The van der Waals surface area contributed by atoms with Crippen LogP contribution in [0.5, 0.6) is 0 Å². The standard InChI is InChI=1S/C22H28N2O2.H2/c1-15-9-16-5-6-20(15)18(10-16)12-21(25)24-14-22(7-8-26-22)19-4-2-3-17(11-19)13-23;/h2-4,11,15-16,18,20H,5-10,12,14H2,1H3,(H,24,25);1H/t15?,16?,18?,20?,22-;/m1./s1. The Labute approximate surface area is 157 Å². The number of hydrogen-bond donors (Lipinski definition) is 1. The molecule has 1 heterocycles. The Balaban J connectivity index is 0.00000210. The first kappa shape index (κ1) is 17.5. The molecule has 2 bridgehead atoms. The first-order chi connectivity index (χ1) is 12.6. The van der Waals surface area contributed by atoms with Crippen LogP contribution in [0.3, 0.4) is 0 Å². The lowest BCUT2D eigenvalue weighted by Gasteiger charge is -2.46. The fraction of sp³-hybridized carbons (Fsp3) is 0.636. The van der Waals surface area contributed by atoms with Crippen molar-refractivity contribution in [2.45, 2.75) is 51.0 Å². The number of hydrogen-bond acceptors (Lipinski definition) is 3. The van der Waals surface area contributed by atoms with Gasteiger partial charge in [0.25, 0.3) is 0 Å². The Hall–Kier alpha value is -1.86. The minimum atomic E-state index is -0.457. The summed E-state index contributed by atoms with van der Waals surface area (Å²) < 4.78 is 5.89. The van der Waals surface area contributed by atoms with Gasteiger partial charge in [-0.25, -0.2) is 0 Å². The van der Waals surface area contributed by atoms with Crippen LogP contribution in [-0.4, -0.2) is 19.1 Å². The largest absolute Gasteiger partial charge is 0.368 e. The van der Waals surface area contributed by atoms with Crippen molar-refractivity contribution in [3.8, 4) is 6.07 Å². The van der Waals surface area contributed by atoms with Crippen molar-refractivity contribution >= 4 is 5.91 Å². The van der Waals surface area contributed by atoms with Crippen molar-refractivity contribution in [1.29, 1.82) is 5.26 Å². The minimum absolute atomic E-state index is 0. The van der Waals surface area contributed by atoms with Gasteiger partial charge in [0.2, 0.25) is 5.91 Å². The number of amides is 1. The number of nitrogens with zero attached hydrogens (tertiary/aromatic N) is 1. The SMILES string of the molecule is CC1CC2CCC1C(CC(=O)NC[C@@]1(c3cccc(C#N)c3)CCO1)C2.[HH]. The average molecular weight is 354 g/mol. The van der Waals surface area contributed by atoms with Gasteiger partial charge in [-0.15, -0.1) is 0 Å². The number of benzene rings is 1. The van der Waals surface area contributed by atoms with Crippen LogP contribution in [0.15, 0.2) is 24.3 Å². The molecule has 4 heteroatoms. The van der Waals surface area contributed by atoms with Crippen molar-refractivity contribution in [3.63, 3.8) is 0 Å². The molecule has 4 unspecified atom stereocenters. The molecule has 4 aliphatic rings. The second-order valence-corrected chi connectivity index (χ2v) is 8.58. The molecular formula is C22H30N2O2. The summed E-state index contributed by atoms with van der Waals surface area (Å²) in [5.41, 5.74) is 1.17. The monoisotopic (exact) mass is 354 g/mol. The summed E-state index contributed by atoms with van der Waals surface area (Å²) in [4.78, 5) is 12.6. The fourth-order valence-corrected chi connectivity index (χ4v) is 5.52. The van der Waals surface area contributed by atoms with E-state index in [0.717, 1.165) is 29.7 Å². The number of nitrogens with one attached hydrogen (secondary N) is 1. The summed E-state index contributed by atoms with van der Waals surface area (Å²) in [6.07, 6.45) is 6.79. The van der Waals surface area contributed by atoms with E-state index in [1.807, 2.05) is 18.2 Å². The molecule has 0 spiro atoms. The number of fused-ring (bicyclic) bond motifs is 3. The maximum Gasteiger partial charge on any atom is 0.220 e. The van der Waals surface area contributed by atoms with E-state index in [4.69, 9.17) is 10.00 Å². The van der Waals surface area contributed by atoms with E-state index < -0.39 is 5.60 Å². The molecular weight excluding hydrogens is 324 g/mol. The summed E-state index contributed by atoms with van der Waals surface area (Å²) in [7, 11) is 0. The van der Waals surface area contributed by atoms with Gasteiger partial charge >= 0.3 is 0 Å². The molecule has 1 N–H and O–H groups in total. The van der Waals surface area contributed by atoms with Crippen molar-refractivity contribution < 1.29 is 11.0 Å². The van der Waals surface area contributed by atoms with E-state index in [1.54, 1.807) is 6.07 Å². The van der Waals surface area contributed by atoms with Crippen LogP contribution >= 0.6 is 0 Å². The molecule has 1 amide bonds. The highest BCUT2D eigenvalue weighted by Crippen LogP contribution is 2.49. The Morgan fingerprint density at radius 1 is 1.42 bits per heavy atom. The number of carbonyl (C=O) groups excluding carboxylic acids is 1. The molecule has 5 atom stereocenters. The first-order valence-corrected chi connectivity index (χ1v) is 10.0. The topological polar surface area (TPSA) is 62.1 Å². The van der Waals surface area contributed by atoms with Crippen molar-refractivity contribution in [2.24, 2.45) is 23.7 Å². The molecule has 3 saturated carbocycles. The molecule has 1 saturated heterocycles. The summed E-state index contributed by atoms with van der Waals surface area (Å²) in [5.74, 6) is 3.05. The van der Waals surface area contributed by atoms with Crippen molar-refractivity contribution in [3.05, 3.63) is 35.4 Å². The average Bonchev–Trinajstić information content (AvgIpc) is 2.61. The van der Waals surface area contributed by atoms with Gasteiger partial charge in [0.15, 0.2) is 0 Å². The number of rotatable bonds is 5. The van der Waals surface area contributed by atoms with E-state index in [-0.39, 0.29) is 7.33 Å². The fourth-order valence-electron chi connectivity index (χ4n) is 5.52. The highest BCUT2D eigenvalue weighted by Gasteiger charge is 2.42. The normalized spacial score (nSPS) is 35.4. The lowest BCUT2D eigenvalue weighted by Crippen LogP contribution is -2.50. The summed E-state index contributed by atoms with van der Waals surface area (Å²) >= 11 is 0. The Kier molecular flexibility index (Phi) is 4.75. The lowest BCUT2D eigenvalue weighted by molar-refractivity contribution is -0.155. The van der Waals surface area contributed by atoms with Gasteiger partial charge in [-0.2, -0.15) is 5.26 Å². The van der Waals surface area contributed by atoms with Gasteiger partial charge in [0.05, 0.1) is 24.8 Å². The van der Waals surface area contributed by atoms with Crippen LogP contribution in [0.25, 0.3) is 0 Å². The lowest BCUT2D eigenvalue weighted by atomic mass is 9.59. The maximum absolute atomic E-state index is 12.6. The van der Waals surface area contributed by atoms with Crippen LogP contribution < -0.4 is 5.32 Å². The van der Waals surface area contributed by atoms with Gasteiger partial charge in [0, 0.05) is 14.3 Å². The smallest absolute Gasteiger partial charge is 0.220 e. The van der Waals surface area contributed by atoms with E-state index in [9.17, 15) is 4.79 Å². The van der Waals surface area contributed by atoms with E-state index in [0.29, 0.717) is 31.1 Å².